The van der Waals surface area contributed by atoms with Crippen LogP contribution in [0.25, 0.3) is 0 Å². The Bertz CT molecular complexity index is 669. The van der Waals surface area contributed by atoms with E-state index in [-0.39, 0.29) is 24.2 Å². The highest BCUT2D eigenvalue weighted by Crippen LogP contribution is 2.24. The number of ether oxygens (including phenoxy) is 1. The van der Waals surface area contributed by atoms with E-state index in [0.29, 0.717) is 17.7 Å². The van der Waals surface area contributed by atoms with Gasteiger partial charge in [-0.3, -0.25) is 9.78 Å². The summed E-state index contributed by atoms with van der Waals surface area (Å²) in [5.74, 6) is 1.15. The number of hydrogen-bond acceptors (Lipinski definition) is 5. The SMILES string of the molecule is C[C@H]1C[C@@H](C(=O)Nc2cccc(Oc3cnccn3)c2)CCN1.Cl. The summed E-state index contributed by atoms with van der Waals surface area (Å²) < 4.78 is 5.63. The Morgan fingerprint density at radius 3 is 3.00 bits per heavy atom. The molecule has 0 saturated carbocycles. The topological polar surface area (TPSA) is 76.1 Å². The lowest BCUT2D eigenvalue weighted by Crippen LogP contribution is -2.40. The number of anilines is 1. The molecule has 1 saturated heterocycles. The molecule has 0 radical (unpaired) electrons. The van der Waals surface area contributed by atoms with Crippen LogP contribution in [-0.2, 0) is 4.79 Å². The van der Waals surface area contributed by atoms with Gasteiger partial charge in [-0.1, -0.05) is 6.07 Å². The number of halogens is 1. The van der Waals surface area contributed by atoms with Gasteiger partial charge in [0.15, 0.2) is 0 Å². The van der Waals surface area contributed by atoms with E-state index < -0.39 is 0 Å². The van der Waals surface area contributed by atoms with Crippen LogP contribution in [0.5, 0.6) is 11.6 Å². The number of carbonyl (C=O) groups excluding carboxylic acids is 1. The highest BCUT2D eigenvalue weighted by molar-refractivity contribution is 5.92. The average molecular weight is 349 g/mol. The van der Waals surface area contributed by atoms with E-state index in [9.17, 15) is 4.79 Å². The fraction of sp³-hybridized carbons (Fsp3) is 0.353. The number of benzene rings is 1. The zero-order valence-corrected chi connectivity index (χ0v) is 14.3. The van der Waals surface area contributed by atoms with Crippen molar-refractivity contribution in [2.75, 3.05) is 11.9 Å². The Morgan fingerprint density at radius 1 is 1.38 bits per heavy atom. The molecule has 1 aliphatic rings. The lowest BCUT2D eigenvalue weighted by molar-refractivity contribution is -0.120. The first-order chi connectivity index (χ1) is 11.2. The molecule has 2 atom stereocenters. The minimum absolute atomic E-state index is 0. The third-order valence-electron chi connectivity index (χ3n) is 3.86. The van der Waals surface area contributed by atoms with Gasteiger partial charge in [0.25, 0.3) is 0 Å². The van der Waals surface area contributed by atoms with E-state index in [1.165, 1.54) is 0 Å². The molecule has 2 aromatic rings. The molecule has 2 N–H and O–H groups in total. The van der Waals surface area contributed by atoms with Gasteiger partial charge in [-0.15, -0.1) is 12.4 Å². The second-order valence-electron chi connectivity index (χ2n) is 5.74. The number of amides is 1. The van der Waals surface area contributed by atoms with Crippen molar-refractivity contribution in [2.24, 2.45) is 5.92 Å². The molecule has 1 amide bonds. The fourth-order valence-electron chi connectivity index (χ4n) is 2.71. The molecule has 1 fully saturated rings. The minimum atomic E-state index is 0. The lowest BCUT2D eigenvalue weighted by atomic mass is 9.92. The van der Waals surface area contributed by atoms with Gasteiger partial charge in [-0.25, -0.2) is 4.98 Å². The smallest absolute Gasteiger partial charge is 0.237 e. The number of aromatic nitrogens is 2. The maximum Gasteiger partial charge on any atom is 0.237 e. The van der Waals surface area contributed by atoms with E-state index >= 15 is 0 Å². The number of carbonyl (C=O) groups is 1. The molecule has 128 valence electrons. The molecule has 6 nitrogen and oxygen atoms in total. The Morgan fingerprint density at radius 2 is 2.25 bits per heavy atom. The van der Waals surface area contributed by atoms with Crippen LogP contribution < -0.4 is 15.4 Å². The van der Waals surface area contributed by atoms with E-state index in [0.717, 1.165) is 25.1 Å². The van der Waals surface area contributed by atoms with Crippen LogP contribution in [0, 0.1) is 5.92 Å². The largest absolute Gasteiger partial charge is 0.437 e. The summed E-state index contributed by atoms with van der Waals surface area (Å²) in [4.78, 5) is 20.4. The third kappa shape index (κ3) is 4.91. The zero-order chi connectivity index (χ0) is 16.1. The first kappa shape index (κ1) is 18.2. The molecule has 24 heavy (non-hydrogen) atoms. The maximum absolute atomic E-state index is 12.4. The van der Waals surface area contributed by atoms with Gasteiger partial charge in [0.2, 0.25) is 11.8 Å². The van der Waals surface area contributed by atoms with Crippen molar-refractivity contribution in [2.45, 2.75) is 25.8 Å². The van der Waals surface area contributed by atoms with Crippen LogP contribution in [-0.4, -0.2) is 28.5 Å². The average Bonchev–Trinajstić information content (AvgIpc) is 2.56. The Kier molecular flexibility index (Phi) is 6.52. The number of nitrogens with one attached hydrogen (secondary N) is 2. The minimum Gasteiger partial charge on any atom is -0.437 e. The van der Waals surface area contributed by atoms with Crippen LogP contribution in [0.2, 0.25) is 0 Å². The van der Waals surface area contributed by atoms with Gasteiger partial charge >= 0.3 is 0 Å². The summed E-state index contributed by atoms with van der Waals surface area (Å²) in [6.45, 7) is 2.99. The van der Waals surface area contributed by atoms with Crippen molar-refractivity contribution in [3.05, 3.63) is 42.9 Å². The van der Waals surface area contributed by atoms with Crippen molar-refractivity contribution in [3.8, 4) is 11.6 Å². The highest BCUT2D eigenvalue weighted by Gasteiger charge is 2.24. The lowest BCUT2D eigenvalue weighted by Gasteiger charge is -2.27. The quantitative estimate of drug-likeness (QED) is 0.888. The molecule has 1 aromatic heterocycles. The second-order valence-corrected chi connectivity index (χ2v) is 5.74. The van der Waals surface area contributed by atoms with E-state index in [1.54, 1.807) is 24.7 Å². The van der Waals surface area contributed by atoms with Crippen LogP contribution in [0.4, 0.5) is 5.69 Å². The molecule has 2 heterocycles. The van der Waals surface area contributed by atoms with Crippen molar-refractivity contribution in [1.29, 1.82) is 0 Å². The summed E-state index contributed by atoms with van der Waals surface area (Å²) in [5.41, 5.74) is 0.725. The van der Waals surface area contributed by atoms with Crippen LogP contribution >= 0.6 is 12.4 Å². The Balaban J connectivity index is 0.00000208. The summed E-state index contributed by atoms with van der Waals surface area (Å²) in [5, 5.41) is 6.33. The molecule has 0 bridgehead atoms. The van der Waals surface area contributed by atoms with Crippen molar-refractivity contribution in [1.82, 2.24) is 15.3 Å². The molecular formula is C17H21ClN4O2. The van der Waals surface area contributed by atoms with Crippen LogP contribution in [0.15, 0.2) is 42.9 Å². The molecule has 7 heteroatoms. The summed E-state index contributed by atoms with van der Waals surface area (Å²) in [7, 11) is 0. The number of rotatable bonds is 4. The Hall–Kier alpha value is -2.18. The fourth-order valence-corrected chi connectivity index (χ4v) is 2.71. The van der Waals surface area contributed by atoms with Gasteiger partial charge in [0.1, 0.15) is 5.75 Å². The van der Waals surface area contributed by atoms with Gasteiger partial charge in [0.05, 0.1) is 6.20 Å². The number of piperidine rings is 1. The molecule has 3 rings (SSSR count). The molecule has 0 unspecified atom stereocenters. The molecular weight excluding hydrogens is 328 g/mol. The summed E-state index contributed by atoms with van der Waals surface area (Å²) in [6, 6.07) is 7.68. The number of hydrogen-bond donors (Lipinski definition) is 2. The van der Waals surface area contributed by atoms with Crippen molar-refractivity contribution in [3.63, 3.8) is 0 Å². The first-order valence-corrected chi connectivity index (χ1v) is 7.79. The van der Waals surface area contributed by atoms with Gasteiger partial charge < -0.3 is 15.4 Å². The maximum atomic E-state index is 12.4. The van der Waals surface area contributed by atoms with E-state index in [1.807, 2.05) is 18.2 Å². The molecule has 0 aliphatic carbocycles. The normalized spacial score (nSPS) is 19.9. The zero-order valence-electron chi connectivity index (χ0n) is 13.4. The second kappa shape index (κ2) is 8.61. The third-order valence-corrected chi connectivity index (χ3v) is 3.86. The van der Waals surface area contributed by atoms with Crippen LogP contribution in [0.3, 0.4) is 0 Å². The summed E-state index contributed by atoms with van der Waals surface area (Å²) >= 11 is 0. The molecule has 1 aliphatic heterocycles. The summed E-state index contributed by atoms with van der Waals surface area (Å²) in [6.07, 6.45) is 6.43. The predicted octanol–water partition coefficient (Wildman–Crippen LogP) is 3.02. The highest BCUT2D eigenvalue weighted by atomic mass is 35.5. The van der Waals surface area contributed by atoms with E-state index in [2.05, 4.69) is 27.5 Å². The van der Waals surface area contributed by atoms with Crippen molar-refractivity contribution >= 4 is 24.0 Å². The molecule has 1 aromatic carbocycles. The van der Waals surface area contributed by atoms with Gasteiger partial charge in [0, 0.05) is 36.1 Å². The van der Waals surface area contributed by atoms with E-state index in [4.69, 9.17) is 4.74 Å². The predicted molar refractivity (Wildman–Crippen MR) is 94.6 cm³/mol. The standard InChI is InChI=1S/C17H20N4O2.ClH/c1-12-9-13(5-6-19-12)17(22)21-14-3-2-4-15(10-14)23-16-11-18-7-8-20-16;/h2-4,7-8,10-13,19H,5-6,9H2,1H3,(H,21,22);1H/t12-,13-;/m0./s1. The molecule has 0 spiro atoms. The van der Waals surface area contributed by atoms with Crippen molar-refractivity contribution < 1.29 is 9.53 Å². The monoisotopic (exact) mass is 348 g/mol. The van der Waals surface area contributed by atoms with Gasteiger partial charge in [-0.2, -0.15) is 0 Å². The van der Waals surface area contributed by atoms with Crippen LogP contribution in [0.1, 0.15) is 19.8 Å². The first-order valence-electron chi connectivity index (χ1n) is 7.79. The Labute approximate surface area is 147 Å². The van der Waals surface area contributed by atoms with Gasteiger partial charge in [-0.05, 0) is 38.4 Å². The number of nitrogens with zero attached hydrogens (tertiary/aromatic N) is 2.